The highest BCUT2D eigenvalue weighted by atomic mass is 32.1. The molecule has 1 fully saturated rings. The fourth-order valence-electron chi connectivity index (χ4n) is 2.24. The van der Waals surface area contributed by atoms with E-state index in [2.05, 4.69) is 41.6 Å². The van der Waals surface area contributed by atoms with Crippen molar-refractivity contribution in [1.82, 2.24) is 10.2 Å². The molecule has 1 aliphatic rings. The number of nitrogens with one attached hydrogen (secondary N) is 1. The van der Waals surface area contributed by atoms with Crippen LogP contribution in [0.4, 0.5) is 0 Å². The van der Waals surface area contributed by atoms with E-state index < -0.39 is 0 Å². The molecule has 0 aromatic carbocycles. The van der Waals surface area contributed by atoms with Crippen LogP contribution in [0.25, 0.3) is 0 Å². The molecular formula is C14H24N2S. The molecule has 2 nitrogen and oxygen atoms in total. The first-order valence-corrected chi connectivity index (χ1v) is 7.64. The van der Waals surface area contributed by atoms with Gasteiger partial charge in [0.15, 0.2) is 0 Å². The third-order valence-electron chi connectivity index (χ3n) is 3.29. The van der Waals surface area contributed by atoms with E-state index in [-0.39, 0.29) is 0 Å². The van der Waals surface area contributed by atoms with E-state index in [0.717, 1.165) is 31.6 Å². The Hall–Kier alpha value is -0.380. The molecule has 17 heavy (non-hydrogen) atoms. The third-order valence-corrected chi connectivity index (χ3v) is 4.15. The van der Waals surface area contributed by atoms with E-state index in [1.54, 1.807) is 0 Å². The fourth-order valence-corrected chi connectivity index (χ4v) is 2.97. The fraction of sp³-hybridized carbons (Fsp3) is 0.714. The maximum atomic E-state index is 3.45. The molecule has 0 radical (unpaired) electrons. The highest BCUT2D eigenvalue weighted by Gasteiger charge is 2.29. The molecule has 1 heterocycles. The van der Waals surface area contributed by atoms with E-state index in [9.17, 15) is 0 Å². The van der Waals surface area contributed by atoms with Crippen LogP contribution in [-0.2, 0) is 6.54 Å². The second-order valence-corrected chi connectivity index (χ2v) is 6.19. The molecule has 96 valence electrons. The van der Waals surface area contributed by atoms with Gasteiger partial charge in [-0.05, 0) is 43.3 Å². The van der Waals surface area contributed by atoms with E-state index in [4.69, 9.17) is 0 Å². The van der Waals surface area contributed by atoms with Crippen LogP contribution in [0.3, 0.4) is 0 Å². The van der Waals surface area contributed by atoms with Gasteiger partial charge in [-0.1, -0.05) is 19.9 Å². The molecule has 2 rings (SSSR count). The summed E-state index contributed by atoms with van der Waals surface area (Å²) in [7, 11) is 0. The van der Waals surface area contributed by atoms with E-state index in [1.165, 1.54) is 24.3 Å². The molecule has 0 aliphatic heterocycles. The molecule has 0 saturated heterocycles. The van der Waals surface area contributed by atoms with Crippen LogP contribution in [0.5, 0.6) is 0 Å². The smallest absolute Gasteiger partial charge is 0.0330 e. The largest absolute Gasteiger partial charge is 0.317 e. The van der Waals surface area contributed by atoms with Gasteiger partial charge in [0, 0.05) is 24.0 Å². The molecule has 1 saturated carbocycles. The van der Waals surface area contributed by atoms with Crippen molar-refractivity contribution in [2.75, 3.05) is 19.6 Å². The summed E-state index contributed by atoms with van der Waals surface area (Å²) >= 11 is 1.88. The average Bonchev–Trinajstić information content (AvgIpc) is 3.05. The van der Waals surface area contributed by atoms with Gasteiger partial charge in [0.25, 0.3) is 0 Å². The summed E-state index contributed by atoms with van der Waals surface area (Å²) in [5.41, 5.74) is 0. The van der Waals surface area contributed by atoms with Crippen LogP contribution >= 0.6 is 11.3 Å². The van der Waals surface area contributed by atoms with Gasteiger partial charge in [-0.25, -0.2) is 0 Å². The van der Waals surface area contributed by atoms with Crippen molar-refractivity contribution in [3.8, 4) is 0 Å². The quantitative estimate of drug-likeness (QED) is 0.765. The maximum absolute atomic E-state index is 3.45. The highest BCUT2D eigenvalue weighted by Crippen LogP contribution is 2.29. The van der Waals surface area contributed by atoms with Gasteiger partial charge in [-0.3, -0.25) is 4.90 Å². The number of hydrogen-bond donors (Lipinski definition) is 1. The maximum Gasteiger partial charge on any atom is 0.0330 e. The van der Waals surface area contributed by atoms with Crippen molar-refractivity contribution < 1.29 is 0 Å². The number of thiophene rings is 1. The Kier molecular flexibility index (Phi) is 5.01. The minimum Gasteiger partial charge on any atom is -0.317 e. The van der Waals surface area contributed by atoms with Crippen LogP contribution in [-0.4, -0.2) is 30.6 Å². The standard InChI is InChI=1S/C14H24N2S/c1-3-15-9-12(2)10-16(13-6-7-13)11-14-5-4-8-17-14/h4-5,8,12-13,15H,3,6-7,9-11H2,1-2H3. The molecule has 1 N–H and O–H groups in total. The predicted octanol–water partition coefficient (Wildman–Crippen LogP) is 2.96. The SMILES string of the molecule is CCNCC(C)CN(Cc1cccs1)C1CC1. The third kappa shape index (κ3) is 4.41. The van der Waals surface area contributed by atoms with Crippen LogP contribution in [0, 0.1) is 5.92 Å². The lowest BCUT2D eigenvalue weighted by Crippen LogP contribution is -2.34. The van der Waals surface area contributed by atoms with Gasteiger partial charge in [0.1, 0.15) is 0 Å². The average molecular weight is 252 g/mol. The van der Waals surface area contributed by atoms with Gasteiger partial charge >= 0.3 is 0 Å². The molecule has 1 aliphatic carbocycles. The minimum atomic E-state index is 0.746. The second kappa shape index (κ2) is 6.53. The van der Waals surface area contributed by atoms with Crippen LogP contribution in [0.1, 0.15) is 31.6 Å². The first-order chi connectivity index (χ1) is 8.29. The molecule has 1 atom stereocenters. The highest BCUT2D eigenvalue weighted by molar-refractivity contribution is 7.09. The summed E-state index contributed by atoms with van der Waals surface area (Å²) in [5, 5.41) is 5.63. The van der Waals surface area contributed by atoms with E-state index in [0.29, 0.717) is 0 Å². The molecule has 0 bridgehead atoms. The van der Waals surface area contributed by atoms with Crippen LogP contribution in [0.2, 0.25) is 0 Å². The lowest BCUT2D eigenvalue weighted by molar-refractivity contribution is 0.219. The van der Waals surface area contributed by atoms with Crippen molar-refractivity contribution in [1.29, 1.82) is 0 Å². The summed E-state index contributed by atoms with van der Waals surface area (Å²) < 4.78 is 0. The Morgan fingerprint density at radius 3 is 2.94 bits per heavy atom. The first kappa shape index (κ1) is 13.1. The van der Waals surface area contributed by atoms with Gasteiger partial charge in [-0.2, -0.15) is 0 Å². The molecule has 1 aromatic heterocycles. The Morgan fingerprint density at radius 1 is 1.53 bits per heavy atom. The Bertz CT molecular complexity index is 306. The molecule has 1 unspecified atom stereocenters. The van der Waals surface area contributed by atoms with Crippen molar-refractivity contribution >= 4 is 11.3 Å². The topological polar surface area (TPSA) is 15.3 Å². The molecular weight excluding hydrogens is 228 g/mol. The van der Waals surface area contributed by atoms with Crippen molar-refractivity contribution in [2.45, 2.75) is 39.3 Å². The van der Waals surface area contributed by atoms with Crippen molar-refractivity contribution in [3.63, 3.8) is 0 Å². The van der Waals surface area contributed by atoms with E-state index >= 15 is 0 Å². The lowest BCUT2D eigenvalue weighted by atomic mass is 10.1. The Balaban J connectivity index is 1.80. The van der Waals surface area contributed by atoms with E-state index in [1.807, 2.05) is 11.3 Å². The Morgan fingerprint density at radius 2 is 2.35 bits per heavy atom. The zero-order chi connectivity index (χ0) is 12.1. The summed E-state index contributed by atoms with van der Waals surface area (Å²) in [6.45, 7) is 9.14. The van der Waals surface area contributed by atoms with Crippen LogP contribution in [0.15, 0.2) is 17.5 Å². The summed E-state index contributed by atoms with van der Waals surface area (Å²) in [4.78, 5) is 4.18. The van der Waals surface area contributed by atoms with Gasteiger partial charge < -0.3 is 5.32 Å². The Labute approximate surface area is 109 Å². The van der Waals surface area contributed by atoms with Crippen molar-refractivity contribution in [3.05, 3.63) is 22.4 Å². The van der Waals surface area contributed by atoms with Crippen LogP contribution < -0.4 is 5.32 Å². The summed E-state index contributed by atoms with van der Waals surface area (Å²) in [6.07, 6.45) is 2.80. The number of hydrogen-bond acceptors (Lipinski definition) is 3. The second-order valence-electron chi connectivity index (χ2n) is 5.15. The lowest BCUT2D eigenvalue weighted by Gasteiger charge is -2.25. The summed E-state index contributed by atoms with van der Waals surface area (Å²) in [6, 6.07) is 5.28. The summed E-state index contributed by atoms with van der Waals surface area (Å²) in [5.74, 6) is 0.746. The zero-order valence-electron chi connectivity index (χ0n) is 11.0. The number of nitrogens with zero attached hydrogens (tertiary/aromatic N) is 1. The molecule has 3 heteroatoms. The minimum absolute atomic E-state index is 0.746. The monoisotopic (exact) mass is 252 g/mol. The van der Waals surface area contributed by atoms with Gasteiger partial charge in [-0.15, -0.1) is 11.3 Å². The van der Waals surface area contributed by atoms with Gasteiger partial charge in [0.2, 0.25) is 0 Å². The number of rotatable bonds is 8. The predicted molar refractivity (Wildman–Crippen MR) is 75.5 cm³/mol. The molecule has 0 spiro atoms. The molecule has 1 aromatic rings. The van der Waals surface area contributed by atoms with Crippen molar-refractivity contribution in [2.24, 2.45) is 5.92 Å². The van der Waals surface area contributed by atoms with Gasteiger partial charge in [0.05, 0.1) is 0 Å². The first-order valence-electron chi connectivity index (χ1n) is 6.76. The molecule has 0 amide bonds. The zero-order valence-corrected chi connectivity index (χ0v) is 11.8. The normalized spacial score (nSPS) is 17.6.